The molecule has 0 spiro atoms. The highest BCUT2D eigenvalue weighted by Gasteiger charge is 2.34. The molecule has 0 amide bonds. The number of ether oxygens (including phenoxy) is 1. The van der Waals surface area contributed by atoms with Gasteiger partial charge >= 0.3 is 5.97 Å². The molecule has 0 heterocycles. The summed E-state index contributed by atoms with van der Waals surface area (Å²) in [6.45, 7) is 12.1. The molecular weight excluding hydrogens is 450 g/mol. The van der Waals surface area contributed by atoms with Crippen LogP contribution in [0.2, 0.25) is 0 Å². The number of nitrogens with zero attached hydrogens (tertiary/aromatic N) is 1. The second kappa shape index (κ2) is 9.34. The molecule has 7 heteroatoms. The number of benzene rings is 2. The fraction of sp³-hybridized carbons (Fsp3) is 0.519. The van der Waals surface area contributed by atoms with Crippen molar-refractivity contribution < 1.29 is 23.1 Å². The highest BCUT2D eigenvalue weighted by Crippen LogP contribution is 2.41. The number of hydrogen-bond donors (Lipinski definition) is 1. The zero-order valence-corrected chi connectivity index (χ0v) is 22.1. The second-order valence-corrected chi connectivity index (χ2v) is 13.2. The van der Waals surface area contributed by atoms with Crippen LogP contribution in [0, 0.1) is 0 Å². The summed E-state index contributed by atoms with van der Waals surface area (Å²) in [5.74, 6) is -0.529. The van der Waals surface area contributed by atoms with Crippen molar-refractivity contribution in [2.24, 2.45) is 0 Å². The van der Waals surface area contributed by atoms with Gasteiger partial charge in [-0.1, -0.05) is 59.7 Å². The Morgan fingerprint density at radius 2 is 1.65 bits per heavy atom. The van der Waals surface area contributed by atoms with Crippen molar-refractivity contribution >= 4 is 16.0 Å². The highest BCUT2D eigenvalue weighted by atomic mass is 32.2. The van der Waals surface area contributed by atoms with E-state index in [2.05, 4.69) is 47.6 Å². The first-order valence-corrected chi connectivity index (χ1v) is 13.2. The number of sulfonamides is 1. The fourth-order valence-electron chi connectivity index (χ4n) is 4.39. The second-order valence-electron chi connectivity index (χ2n) is 11.2. The van der Waals surface area contributed by atoms with E-state index in [-0.39, 0.29) is 16.9 Å². The van der Waals surface area contributed by atoms with E-state index in [1.54, 1.807) is 31.3 Å². The molecule has 34 heavy (non-hydrogen) atoms. The van der Waals surface area contributed by atoms with E-state index >= 15 is 0 Å². The Morgan fingerprint density at radius 1 is 1.06 bits per heavy atom. The minimum Gasteiger partial charge on any atom is -0.482 e. The minimum atomic E-state index is -3.79. The van der Waals surface area contributed by atoms with Crippen LogP contribution >= 0.6 is 0 Å². The summed E-state index contributed by atoms with van der Waals surface area (Å²) < 4.78 is 34.8. The van der Waals surface area contributed by atoms with Crippen LogP contribution in [0.25, 0.3) is 0 Å². The molecule has 186 valence electrons. The van der Waals surface area contributed by atoms with Crippen LogP contribution in [0.1, 0.15) is 82.7 Å². The predicted octanol–water partition coefficient (Wildman–Crippen LogP) is 5.44. The van der Waals surface area contributed by atoms with E-state index < -0.39 is 22.6 Å². The van der Waals surface area contributed by atoms with Crippen molar-refractivity contribution in [2.45, 2.75) is 82.6 Å². The maximum atomic E-state index is 13.9. The number of hydrogen-bond acceptors (Lipinski definition) is 4. The lowest BCUT2D eigenvalue weighted by Crippen LogP contribution is -2.34. The van der Waals surface area contributed by atoms with Crippen LogP contribution in [0.5, 0.6) is 5.75 Å². The van der Waals surface area contributed by atoms with E-state index in [1.807, 2.05) is 6.07 Å². The molecule has 0 aliphatic heterocycles. The first-order chi connectivity index (χ1) is 15.6. The average molecular weight is 488 g/mol. The van der Waals surface area contributed by atoms with Gasteiger partial charge in [0, 0.05) is 7.05 Å². The monoisotopic (exact) mass is 487 g/mol. The Kier molecular flexibility index (Phi) is 7.21. The van der Waals surface area contributed by atoms with Crippen molar-refractivity contribution in [1.82, 2.24) is 4.31 Å². The summed E-state index contributed by atoms with van der Waals surface area (Å²) in [5.41, 5.74) is 3.35. The molecule has 0 bridgehead atoms. The fourth-order valence-corrected chi connectivity index (χ4v) is 5.83. The Labute approximate surface area is 204 Å². The predicted molar refractivity (Wildman–Crippen MR) is 134 cm³/mol. The maximum Gasteiger partial charge on any atom is 0.341 e. The average Bonchev–Trinajstić information content (AvgIpc) is 2.75. The van der Waals surface area contributed by atoms with Crippen LogP contribution in [-0.4, -0.2) is 37.5 Å². The summed E-state index contributed by atoms with van der Waals surface area (Å²) in [6.07, 6.45) is 2.21. The summed E-state index contributed by atoms with van der Waals surface area (Å²) in [6, 6.07) is 10.8. The van der Waals surface area contributed by atoms with Gasteiger partial charge in [-0.3, -0.25) is 0 Å². The smallest absolute Gasteiger partial charge is 0.341 e. The van der Waals surface area contributed by atoms with Gasteiger partial charge in [0.05, 0.1) is 10.9 Å². The van der Waals surface area contributed by atoms with Crippen molar-refractivity contribution in [3.63, 3.8) is 0 Å². The van der Waals surface area contributed by atoms with Gasteiger partial charge in [-0.15, -0.1) is 0 Å². The van der Waals surface area contributed by atoms with Gasteiger partial charge in [0.1, 0.15) is 5.75 Å². The molecule has 0 fully saturated rings. The minimum absolute atomic E-state index is 0.197. The molecule has 6 nitrogen and oxygen atoms in total. The molecule has 2 aromatic rings. The number of aliphatic carboxylic acids is 1. The van der Waals surface area contributed by atoms with E-state index in [0.29, 0.717) is 17.1 Å². The zero-order valence-electron chi connectivity index (χ0n) is 21.3. The standard InChI is InChI=1S/C27H37NO5S/c1-26(2,3)18-14-19(27(4,5)6)16-20(15-18)34(31,32)28(7)23-12-8-11-22-21(23)10-9-13-24(22)33-17-25(29)30/h9-10,13-16,23H,8,11-12,17H2,1-7H3,(H,29,30). The van der Waals surface area contributed by atoms with Crippen LogP contribution in [0.4, 0.5) is 0 Å². The van der Waals surface area contributed by atoms with Gasteiger partial charge in [0.2, 0.25) is 10.0 Å². The molecule has 3 rings (SSSR count). The summed E-state index contributed by atoms with van der Waals surface area (Å²) in [4.78, 5) is 11.3. The van der Waals surface area contributed by atoms with E-state index in [4.69, 9.17) is 9.84 Å². The molecular formula is C27H37NO5S. The largest absolute Gasteiger partial charge is 0.482 e. The maximum absolute atomic E-state index is 13.9. The molecule has 0 saturated heterocycles. The zero-order chi connectivity index (χ0) is 25.5. The molecule has 1 N–H and O–H groups in total. The molecule has 1 atom stereocenters. The van der Waals surface area contributed by atoms with Crippen molar-refractivity contribution in [3.8, 4) is 5.75 Å². The summed E-state index contributed by atoms with van der Waals surface area (Å²) in [5, 5.41) is 9.00. The van der Waals surface area contributed by atoms with Crippen LogP contribution in [0.15, 0.2) is 41.3 Å². The van der Waals surface area contributed by atoms with Gasteiger partial charge in [-0.25, -0.2) is 13.2 Å². The Morgan fingerprint density at radius 3 is 2.18 bits per heavy atom. The number of fused-ring (bicyclic) bond motifs is 1. The molecule has 0 aromatic heterocycles. The number of carbonyl (C=O) groups is 1. The van der Waals surface area contributed by atoms with Crippen LogP contribution < -0.4 is 4.74 Å². The number of carboxylic acids is 1. The van der Waals surface area contributed by atoms with Crippen molar-refractivity contribution in [1.29, 1.82) is 0 Å². The molecule has 1 aliphatic carbocycles. The lowest BCUT2D eigenvalue weighted by molar-refractivity contribution is -0.139. The SMILES string of the molecule is CN(C1CCCc2c(OCC(=O)O)cccc21)S(=O)(=O)c1cc(C(C)(C)C)cc(C(C)(C)C)c1. The normalized spacial score (nSPS) is 16.9. The first kappa shape index (κ1) is 26.2. The number of rotatable bonds is 6. The third kappa shape index (κ3) is 5.47. The topological polar surface area (TPSA) is 83.9 Å². The highest BCUT2D eigenvalue weighted by molar-refractivity contribution is 7.89. The molecule has 0 saturated carbocycles. The molecule has 2 aromatic carbocycles. The van der Waals surface area contributed by atoms with Crippen molar-refractivity contribution in [2.75, 3.05) is 13.7 Å². The van der Waals surface area contributed by atoms with E-state index in [0.717, 1.165) is 35.1 Å². The first-order valence-electron chi connectivity index (χ1n) is 11.7. The van der Waals surface area contributed by atoms with Gasteiger partial charge in [-0.2, -0.15) is 4.31 Å². The van der Waals surface area contributed by atoms with E-state index in [9.17, 15) is 13.2 Å². The third-order valence-corrected chi connectivity index (χ3v) is 8.38. The summed E-state index contributed by atoms with van der Waals surface area (Å²) in [7, 11) is -2.15. The lowest BCUT2D eigenvalue weighted by atomic mass is 9.81. The Hall–Kier alpha value is -2.38. The summed E-state index contributed by atoms with van der Waals surface area (Å²) >= 11 is 0. The number of carboxylic acid groups (broad SMARTS) is 1. The quantitative estimate of drug-likeness (QED) is 0.586. The van der Waals surface area contributed by atoms with Gasteiger partial charge < -0.3 is 9.84 Å². The lowest BCUT2D eigenvalue weighted by Gasteiger charge is -2.34. The van der Waals surface area contributed by atoms with Crippen molar-refractivity contribution in [3.05, 3.63) is 58.7 Å². The van der Waals surface area contributed by atoms with Gasteiger partial charge in [0.15, 0.2) is 6.61 Å². The van der Waals surface area contributed by atoms with E-state index in [1.165, 1.54) is 4.31 Å². The Balaban J connectivity index is 2.06. The van der Waals surface area contributed by atoms with Crippen LogP contribution in [-0.2, 0) is 32.1 Å². The third-order valence-electron chi connectivity index (χ3n) is 6.54. The molecule has 1 aliphatic rings. The Bertz CT molecular complexity index is 1140. The van der Waals surface area contributed by atoms with Gasteiger partial charge in [-0.05, 0) is 70.5 Å². The van der Waals surface area contributed by atoms with Crippen LogP contribution in [0.3, 0.4) is 0 Å². The molecule has 1 unspecified atom stereocenters. The molecule has 0 radical (unpaired) electrons. The van der Waals surface area contributed by atoms with Gasteiger partial charge in [0.25, 0.3) is 0 Å².